The molecule has 1 heterocycles. The van der Waals surface area contributed by atoms with Crippen molar-refractivity contribution < 1.29 is 0 Å². The first-order valence-electron chi connectivity index (χ1n) is 7.00. The van der Waals surface area contributed by atoms with E-state index in [0.29, 0.717) is 0 Å². The molecule has 1 rings (SSSR count). The minimum Gasteiger partial charge on any atom is -0.351 e. The lowest BCUT2D eigenvalue weighted by molar-refractivity contribution is 0.508. The fourth-order valence-corrected chi connectivity index (χ4v) is 2.10. The van der Waals surface area contributed by atoms with Crippen molar-refractivity contribution in [1.82, 2.24) is 9.88 Å². The van der Waals surface area contributed by atoms with Crippen LogP contribution in [-0.2, 0) is 13.1 Å². The molecular weight excluding hydrogens is 208 g/mol. The van der Waals surface area contributed by atoms with Gasteiger partial charge in [0.2, 0.25) is 0 Å². The average molecular weight is 236 g/mol. The van der Waals surface area contributed by atoms with Gasteiger partial charge in [-0.2, -0.15) is 0 Å². The van der Waals surface area contributed by atoms with Crippen LogP contribution < -0.4 is 5.32 Å². The molecule has 0 saturated heterocycles. The van der Waals surface area contributed by atoms with Crippen molar-refractivity contribution >= 4 is 0 Å². The van der Waals surface area contributed by atoms with Gasteiger partial charge >= 0.3 is 0 Å². The second kappa shape index (κ2) is 7.54. The van der Waals surface area contributed by atoms with Crippen molar-refractivity contribution in [1.29, 1.82) is 0 Å². The molecule has 0 bridgehead atoms. The summed E-state index contributed by atoms with van der Waals surface area (Å²) in [7, 11) is 0. The zero-order valence-corrected chi connectivity index (χ0v) is 11.9. The van der Waals surface area contributed by atoms with Gasteiger partial charge < -0.3 is 9.88 Å². The molecule has 0 aliphatic rings. The summed E-state index contributed by atoms with van der Waals surface area (Å²) in [6.45, 7) is 12.3. The highest BCUT2D eigenvalue weighted by atomic mass is 15.0. The van der Waals surface area contributed by atoms with Crippen molar-refractivity contribution in [3.05, 3.63) is 23.5 Å². The molecule has 0 spiro atoms. The first kappa shape index (κ1) is 14.3. The molecule has 0 aliphatic carbocycles. The number of nitrogens with zero attached hydrogens (tertiary/aromatic N) is 1. The van der Waals surface area contributed by atoms with Crippen LogP contribution in [0.2, 0.25) is 0 Å². The fourth-order valence-electron chi connectivity index (χ4n) is 2.10. The lowest BCUT2D eigenvalue weighted by atomic mass is 10.1. The molecule has 98 valence electrons. The fraction of sp³-hybridized carbons (Fsp3) is 0.733. The van der Waals surface area contributed by atoms with E-state index >= 15 is 0 Å². The molecule has 0 radical (unpaired) electrons. The average Bonchev–Trinajstić information content (AvgIpc) is 2.61. The van der Waals surface area contributed by atoms with Crippen molar-refractivity contribution in [3.8, 4) is 0 Å². The third kappa shape index (κ3) is 4.95. The van der Waals surface area contributed by atoms with Crippen molar-refractivity contribution in [2.75, 3.05) is 6.54 Å². The molecule has 1 aromatic rings. The number of hydrogen-bond donors (Lipinski definition) is 1. The molecule has 0 amide bonds. The Balaban J connectivity index is 2.40. The van der Waals surface area contributed by atoms with E-state index in [1.807, 2.05) is 0 Å². The van der Waals surface area contributed by atoms with Crippen molar-refractivity contribution in [3.63, 3.8) is 0 Å². The van der Waals surface area contributed by atoms with Gasteiger partial charge in [0.1, 0.15) is 0 Å². The molecular formula is C15H28N2. The lowest BCUT2D eigenvalue weighted by Gasteiger charge is -2.09. The largest absolute Gasteiger partial charge is 0.351 e. The highest BCUT2D eigenvalue weighted by Gasteiger charge is 2.04. The predicted octanol–water partition coefficient (Wildman–Crippen LogP) is 3.73. The third-order valence-corrected chi connectivity index (χ3v) is 3.27. The Morgan fingerprint density at radius 2 is 2.12 bits per heavy atom. The van der Waals surface area contributed by atoms with Gasteiger partial charge in [0.05, 0.1) is 0 Å². The Hall–Kier alpha value is -0.760. The molecule has 0 unspecified atom stereocenters. The Bertz CT molecular complexity index is 313. The van der Waals surface area contributed by atoms with Gasteiger partial charge in [-0.15, -0.1) is 0 Å². The van der Waals surface area contributed by atoms with Crippen LogP contribution in [-0.4, -0.2) is 11.1 Å². The Kier molecular flexibility index (Phi) is 6.35. The normalized spacial score (nSPS) is 11.4. The van der Waals surface area contributed by atoms with Crippen molar-refractivity contribution in [2.45, 2.75) is 60.0 Å². The SMILES string of the molecule is CCCNCc1ccn(CCCC(C)C)c1C. The molecule has 0 atom stereocenters. The molecule has 0 saturated carbocycles. The second-order valence-corrected chi connectivity index (χ2v) is 5.33. The topological polar surface area (TPSA) is 17.0 Å². The summed E-state index contributed by atoms with van der Waals surface area (Å²) in [6.07, 6.45) is 6.04. The molecule has 0 aliphatic heterocycles. The summed E-state index contributed by atoms with van der Waals surface area (Å²) < 4.78 is 2.39. The molecule has 0 fully saturated rings. The first-order chi connectivity index (χ1) is 8.15. The molecule has 2 nitrogen and oxygen atoms in total. The van der Waals surface area contributed by atoms with E-state index in [9.17, 15) is 0 Å². The molecule has 2 heteroatoms. The molecule has 0 aromatic carbocycles. The van der Waals surface area contributed by atoms with E-state index in [0.717, 1.165) is 25.6 Å². The van der Waals surface area contributed by atoms with E-state index in [1.165, 1.54) is 30.5 Å². The summed E-state index contributed by atoms with van der Waals surface area (Å²) >= 11 is 0. The van der Waals surface area contributed by atoms with Crippen LogP contribution in [0.5, 0.6) is 0 Å². The molecule has 1 aromatic heterocycles. The van der Waals surface area contributed by atoms with Crippen LogP contribution in [0.4, 0.5) is 0 Å². The minimum absolute atomic E-state index is 0.816. The summed E-state index contributed by atoms with van der Waals surface area (Å²) in [5, 5.41) is 3.47. The maximum absolute atomic E-state index is 3.47. The van der Waals surface area contributed by atoms with Gasteiger partial charge in [-0.3, -0.25) is 0 Å². The van der Waals surface area contributed by atoms with E-state index in [2.05, 4.69) is 49.8 Å². The second-order valence-electron chi connectivity index (χ2n) is 5.33. The van der Waals surface area contributed by atoms with Crippen LogP contribution in [0, 0.1) is 12.8 Å². The summed E-state index contributed by atoms with van der Waals surface area (Å²) in [5.41, 5.74) is 2.88. The van der Waals surface area contributed by atoms with Gasteiger partial charge in [0.15, 0.2) is 0 Å². The van der Waals surface area contributed by atoms with Crippen molar-refractivity contribution in [2.24, 2.45) is 5.92 Å². The molecule has 17 heavy (non-hydrogen) atoms. The van der Waals surface area contributed by atoms with Gasteiger partial charge in [-0.25, -0.2) is 0 Å². The quantitative estimate of drug-likeness (QED) is 0.681. The van der Waals surface area contributed by atoms with Crippen LogP contribution in [0.15, 0.2) is 12.3 Å². The Morgan fingerprint density at radius 3 is 2.76 bits per heavy atom. The van der Waals surface area contributed by atoms with Gasteiger partial charge in [-0.05, 0) is 50.3 Å². The maximum Gasteiger partial charge on any atom is 0.0223 e. The zero-order valence-electron chi connectivity index (χ0n) is 11.9. The number of nitrogens with one attached hydrogen (secondary N) is 1. The highest BCUT2D eigenvalue weighted by Crippen LogP contribution is 2.12. The van der Waals surface area contributed by atoms with Gasteiger partial charge in [-0.1, -0.05) is 20.8 Å². The number of rotatable bonds is 8. The minimum atomic E-state index is 0.816. The summed E-state index contributed by atoms with van der Waals surface area (Å²) in [4.78, 5) is 0. The van der Waals surface area contributed by atoms with Crippen LogP contribution >= 0.6 is 0 Å². The zero-order chi connectivity index (χ0) is 12.7. The maximum atomic E-state index is 3.47. The lowest BCUT2D eigenvalue weighted by Crippen LogP contribution is -2.14. The van der Waals surface area contributed by atoms with Gasteiger partial charge in [0.25, 0.3) is 0 Å². The monoisotopic (exact) mass is 236 g/mol. The molecule has 1 N–H and O–H groups in total. The van der Waals surface area contributed by atoms with E-state index in [1.54, 1.807) is 0 Å². The van der Waals surface area contributed by atoms with E-state index < -0.39 is 0 Å². The summed E-state index contributed by atoms with van der Waals surface area (Å²) in [6, 6.07) is 2.26. The Labute approximate surface area is 106 Å². The van der Waals surface area contributed by atoms with Crippen LogP contribution in [0.25, 0.3) is 0 Å². The highest BCUT2D eigenvalue weighted by molar-refractivity contribution is 5.20. The van der Waals surface area contributed by atoms with E-state index in [4.69, 9.17) is 0 Å². The van der Waals surface area contributed by atoms with Crippen LogP contribution in [0.1, 0.15) is 51.3 Å². The number of aromatic nitrogens is 1. The predicted molar refractivity (Wildman–Crippen MR) is 75.2 cm³/mol. The van der Waals surface area contributed by atoms with Crippen LogP contribution in [0.3, 0.4) is 0 Å². The standard InChI is InChI=1S/C15H28N2/c1-5-9-16-12-15-8-11-17(14(15)4)10-6-7-13(2)3/h8,11,13,16H,5-7,9-10,12H2,1-4H3. The first-order valence-corrected chi connectivity index (χ1v) is 7.00. The number of hydrogen-bond acceptors (Lipinski definition) is 1. The van der Waals surface area contributed by atoms with E-state index in [-0.39, 0.29) is 0 Å². The number of aryl methyl sites for hydroxylation is 1. The Morgan fingerprint density at radius 1 is 1.35 bits per heavy atom. The summed E-state index contributed by atoms with van der Waals surface area (Å²) in [5.74, 6) is 0.816. The van der Waals surface area contributed by atoms with Gasteiger partial charge in [0, 0.05) is 25.0 Å². The third-order valence-electron chi connectivity index (χ3n) is 3.27. The smallest absolute Gasteiger partial charge is 0.0223 e.